The van der Waals surface area contributed by atoms with E-state index >= 15 is 0 Å². The van der Waals surface area contributed by atoms with Crippen LogP contribution in [0.2, 0.25) is 0 Å². The van der Waals surface area contributed by atoms with Crippen molar-refractivity contribution in [2.24, 2.45) is 0 Å². The number of nitrogens with two attached hydrogens (primary N) is 1. The molecule has 0 aliphatic rings. The molecule has 62 valence electrons. The number of aryl methyl sites for hydroxylation is 2. The third-order valence-corrected chi connectivity index (χ3v) is 1.98. The lowest BCUT2D eigenvalue weighted by Gasteiger charge is -1.95. The largest absolute Gasteiger partial charge is 0.340 e. The molecule has 0 aliphatic carbocycles. The second-order valence-corrected chi connectivity index (χ2v) is 2.90. The van der Waals surface area contributed by atoms with E-state index in [1.165, 1.54) is 4.68 Å². The van der Waals surface area contributed by atoms with Crippen molar-refractivity contribution < 1.29 is 0 Å². The van der Waals surface area contributed by atoms with Gasteiger partial charge in [0.15, 0.2) is 0 Å². The maximum atomic E-state index is 5.59. The molecule has 4 nitrogen and oxygen atoms in total. The van der Waals surface area contributed by atoms with Gasteiger partial charge in [0, 0.05) is 23.2 Å². The lowest BCUT2D eigenvalue weighted by Crippen LogP contribution is -2.02. The number of nitrogens with zero attached hydrogens (tertiary/aromatic N) is 3. The second kappa shape index (κ2) is 2.20. The van der Waals surface area contributed by atoms with E-state index in [0.29, 0.717) is 0 Å². The second-order valence-electron chi connectivity index (χ2n) is 2.90. The Morgan fingerprint density at radius 1 is 1.08 bits per heavy atom. The van der Waals surface area contributed by atoms with Crippen LogP contribution in [0.25, 0.3) is 10.8 Å². The topological polar surface area (TPSA) is 56.7 Å². The van der Waals surface area contributed by atoms with E-state index in [9.17, 15) is 0 Å². The summed E-state index contributed by atoms with van der Waals surface area (Å²) in [7, 11) is 0. The highest BCUT2D eigenvalue weighted by atomic mass is 15.3. The molecular weight excluding hydrogens is 152 g/mol. The zero-order valence-corrected chi connectivity index (χ0v) is 7.07. The van der Waals surface area contributed by atoms with Crippen molar-refractivity contribution >= 4 is 10.8 Å². The molecule has 2 aromatic heterocycles. The van der Waals surface area contributed by atoms with Gasteiger partial charge in [-0.25, -0.2) is 0 Å². The van der Waals surface area contributed by atoms with Gasteiger partial charge in [0.1, 0.15) is 0 Å². The number of aromatic nitrogens is 3. The van der Waals surface area contributed by atoms with Crippen LogP contribution < -0.4 is 5.84 Å². The lowest BCUT2D eigenvalue weighted by molar-refractivity contribution is 0.966. The Balaban J connectivity index is 2.93. The van der Waals surface area contributed by atoms with Gasteiger partial charge in [-0.1, -0.05) is 0 Å². The van der Waals surface area contributed by atoms with Crippen molar-refractivity contribution in [1.29, 1.82) is 0 Å². The van der Waals surface area contributed by atoms with Gasteiger partial charge in [-0.3, -0.25) is 4.68 Å². The van der Waals surface area contributed by atoms with Crippen LogP contribution in [-0.2, 0) is 0 Å². The minimum atomic E-state index is 0.916. The van der Waals surface area contributed by atoms with E-state index in [4.69, 9.17) is 5.84 Å². The summed E-state index contributed by atoms with van der Waals surface area (Å²) in [5.41, 5.74) is 1.83. The van der Waals surface area contributed by atoms with Crippen molar-refractivity contribution in [3.63, 3.8) is 0 Å². The van der Waals surface area contributed by atoms with Gasteiger partial charge in [0.2, 0.25) is 0 Å². The average Bonchev–Trinajstić information content (AvgIpc) is 2.41. The first-order valence-electron chi connectivity index (χ1n) is 3.75. The van der Waals surface area contributed by atoms with E-state index < -0.39 is 0 Å². The van der Waals surface area contributed by atoms with Crippen molar-refractivity contribution in [2.75, 3.05) is 5.84 Å². The van der Waals surface area contributed by atoms with Crippen LogP contribution in [0.15, 0.2) is 12.4 Å². The Morgan fingerprint density at radius 2 is 1.50 bits per heavy atom. The molecule has 0 atom stereocenters. The van der Waals surface area contributed by atoms with Crippen molar-refractivity contribution in [3.8, 4) is 0 Å². The van der Waals surface area contributed by atoms with Crippen molar-refractivity contribution in [3.05, 3.63) is 23.8 Å². The molecule has 4 heteroatoms. The normalized spacial score (nSPS) is 10.8. The van der Waals surface area contributed by atoms with Crippen molar-refractivity contribution in [2.45, 2.75) is 13.8 Å². The van der Waals surface area contributed by atoms with Gasteiger partial charge >= 0.3 is 0 Å². The maximum absolute atomic E-state index is 5.59. The van der Waals surface area contributed by atoms with E-state index in [-0.39, 0.29) is 0 Å². The summed E-state index contributed by atoms with van der Waals surface area (Å²) in [6.45, 7) is 3.85. The highest BCUT2D eigenvalue weighted by molar-refractivity contribution is 5.85. The molecule has 0 saturated heterocycles. The van der Waals surface area contributed by atoms with Crippen molar-refractivity contribution in [1.82, 2.24) is 14.9 Å². The Morgan fingerprint density at radius 3 is 1.92 bits per heavy atom. The van der Waals surface area contributed by atoms with E-state index in [1.807, 2.05) is 26.2 Å². The van der Waals surface area contributed by atoms with Gasteiger partial charge in [-0.15, -0.1) is 0 Å². The van der Waals surface area contributed by atoms with Gasteiger partial charge in [0.05, 0.1) is 11.4 Å². The fourth-order valence-electron chi connectivity index (χ4n) is 1.31. The molecule has 0 unspecified atom stereocenters. The molecule has 2 heterocycles. The quantitative estimate of drug-likeness (QED) is 0.582. The summed E-state index contributed by atoms with van der Waals surface area (Å²) in [4.78, 5) is 0. The standard InChI is InChI=1S/C8H10N4/c1-5-7-3-12(9)4-8(7)6(2)11-10-5/h3-4H,9H2,1-2H3. The Kier molecular flexibility index (Phi) is 1.30. The van der Waals surface area contributed by atoms with Crippen LogP contribution in [0.4, 0.5) is 0 Å². The molecule has 0 aliphatic heterocycles. The highest BCUT2D eigenvalue weighted by Crippen LogP contribution is 2.17. The number of fused-ring (bicyclic) bond motifs is 1. The van der Waals surface area contributed by atoms with Crippen LogP contribution >= 0.6 is 0 Å². The molecule has 0 radical (unpaired) electrons. The Bertz CT molecular complexity index is 391. The third kappa shape index (κ3) is 0.845. The fraction of sp³-hybridized carbons (Fsp3) is 0.250. The molecule has 0 saturated carbocycles. The van der Waals surface area contributed by atoms with Gasteiger partial charge < -0.3 is 5.84 Å². The fourth-order valence-corrected chi connectivity index (χ4v) is 1.31. The predicted octanol–water partition coefficient (Wildman–Crippen LogP) is 0.762. The number of rotatable bonds is 0. The minimum Gasteiger partial charge on any atom is -0.340 e. The Hall–Kier alpha value is -1.58. The van der Waals surface area contributed by atoms with E-state index in [1.54, 1.807) is 0 Å². The van der Waals surface area contributed by atoms with Crippen LogP contribution in [0.5, 0.6) is 0 Å². The lowest BCUT2D eigenvalue weighted by atomic mass is 10.2. The van der Waals surface area contributed by atoms with Gasteiger partial charge in [-0.05, 0) is 13.8 Å². The van der Waals surface area contributed by atoms with E-state index in [2.05, 4.69) is 10.2 Å². The highest BCUT2D eigenvalue weighted by Gasteiger charge is 2.04. The van der Waals surface area contributed by atoms with Crippen LogP contribution in [-0.4, -0.2) is 14.9 Å². The molecule has 0 amide bonds. The van der Waals surface area contributed by atoms with Crippen LogP contribution in [0, 0.1) is 13.8 Å². The molecule has 0 spiro atoms. The summed E-state index contributed by atoms with van der Waals surface area (Å²) in [6, 6.07) is 0. The first kappa shape index (κ1) is 7.09. The monoisotopic (exact) mass is 162 g/mol. The summed E-state index contributed by atoms with van der Waals surface area (Å²) < 4.78 is 1.54. The number of hydrogen-bond donors (Lipinski definition) is 1. The molecule has 2 rings (SSSR count). The number of nitrogen functional groups attached to an aromatic ring is 1. The zero-order valence-electron chi connectivity index (χ0n) is 7.07. The SMILES string of the molecule is Cc1nnc(C)c2cn(N)cc12. The maximum Gasteiger partial charge on any atom is 0.0694 e. The average molecular weight is 162 g/mol. The Labute approximate surface area is 70.0 Å². The molecule has 2 aromatic rings. The first-order chi connectivity index (χ1) is 5.68. The predicted molar refractivity (Wildman–Crippen MR) is 47.2 cm³/mol. The summed E-state index contributed by atoms with van der Waals surface area (Å²) in [5, 5.41) is 10.2. The molecular formula is C8H10N4. The molecule has 0 aromatic carbocycles. The third-order valence-electron chi connectivity index (χ3n) is 1.98. The summed E-state index contributed by atoms with van der Waals surface area (Å²) in [6.07, 6.45) is 3.71. The molecule has 2 N–H and O–H groups in total. The van der Waals surface area contributed by atoms with Gasteiger partial charge in [-0.2, -0.15) is 10.2 Å². The first-order valence-corrected chi connectivity index (χ1v) is 3.75. The molecule has 0 fully saturated rings. The van der Waals surface area contributed by atoms with E-state index in [0.717, 1.165) is 22.2 Å². The van der Waals surface area contributed by atoms with Crippen LogP contribution in [0.1, 0.15) is 11.4 Å². The van der Waals surface area contributed by atoms with Gasteiger partial charge in [0.25, 0.3) is 0 Å². The minimum absolute atomic E-state index is 0.916. The summed E-state index contributed by atoms with van der Waals surface area (Å²) >= 11 is 0. The number of hydrogen-bond acceptors (Lipinski definition) is 3. The smallest absolute Gasteiger partial charge is 0.0694 e. The summed E-state index contributed by atoms with van der Waals surface area (Å²) in [5.74, 6) is 5.59. The molecule has 0 bridgehead atoms. The molecule has 12 heavy (non-hydrogen) atoms. The van der Waals surface area contributed by atoms with Crippen LogP contribution in [0.3, 0.4) is 0 Å². The zero-order chi connectivity index (χ0) is 8.72.